The second-order valence-corrected chi connectivity index (χ2v) is 6.63. The Morgan fingerprint density at radius 2 is 2.14 bits per heavy atom. The molecule has 1 atom stereocenters. The third-order valence-electron chi connectivity index (χ3n) is 3.23. The molecule has 0 aliphatic rings. The van der Waals surface area contributed by atoms with Crippen LogP contribution < -0.4 is 4.72 Å². The van der Waals surface area contributed by atoms with Crippen molar-refractivity contribution in [3.8, 4) is 0 Å². The van der Waals surface area contributed by atoms with Gasteiger partial charge < -0.3 is 5.11 Å². The van der Waals surface area contributed by atoms with Crippen molar-refractivity contribution in [2.24, 2.45) is 0 Å². The predicted molar refractivity (Wildman–Crippen MR) is 79.1 cm³/mol. The molecule has 2 rings (SSSR count). The van der Waals surface area contributed by atoms with Crippen molar-refractivity contribution in [1.29, 1.82) is 0 Å². The van der Waals surface area contributed by atoms with E-state index in [9.17, 15) is 13.5 Å². The number of nitrogens with one attached hydrogen (secondary N) is 1. The van der Waals surface area contributed by atoms with Crippen molar-refractivity contribution in [1.82, 2.24) is 14.5 Å². The van der Waals surface area contributed by atoms with Crippen molar-refractivity contribution >= 4 is 10.0 Å². The van der Waals surface area contributed by atoms with Crippen LogP contribution in [0.1, 0.15) is 18.1 Å². The molecule has 21 heavy (non-hydrogen) atoms. The summed E-state index contributed by atoms with van der Waals surface area (Å²) in [5.74, 6) is 0. The van der Waals surface area contributed by atoms with Gasteiger partial charge in [0.15, 0.2) is 0 Å². The lowest BCUT2D eigenvalue weighted by Crippen LogP contribution is -2.36. The first kappa shape index (κ1) is 15.7. The number of benzene rings is 1. The van der Waals surface area contributed by atoms with Gasteiger partial charge in [-0.3, -0.25) is 4.68 Å². The second kappa shape index (κ2) is 6.38. The summed E-state index contributed by atoms with van der Waals surface area (Å²) >= 11 is 0. The normalized spacial score (nSPS) is 13.3. The topological polar surface area (TPSA) is 84.2 Å². The van der Waals surface area contributed by atoms with Crippen LogP contribution in [0.25, 0.3) is 0 Å². The van der Waals surface area contributed by atoms with E-state index >= 15 is 0 Å². The zero-order chi connectivity index (χ0) is 15.5. The van der Waals surface area contributed by atoms with E-state index in [1.807, 2.05) is 0 Å². The molecule has 114 valence electrons. The molecule has 7 heteroatoms. The van der Waals surface area contributed by atoms with Gasteiger partial charge in [-0.05, 0) is 37.1 Å². The van der Waals surface area contributed by atoms with Crippen molar-refractivity contribution < 1.29 is 13.5 Å². The fourth-order valence-corrected chi connectivity index (χ4v) is 3.70. The molecular weight excluding hydrogens is 290 g/mol. The highest BCUT2D eigenvalue weighted by atomic mass is 32.2. The predicted octanol–water partition coefficient (Wildman–Crippen LogP) is 1.05. The Kier molecular flexibility index (Phi) is 4.76. The van der Waals surface area contributed by atoms with Crippen LogP contribution in [-0.2, 0) is 23.2 Å². The minimum absolute atomic E-state index is 0.183. The third kappa shape index (κ3) is 3.69. The largest absolute Gasteiger partial charge is 0.392 e. The zero-order valence-electron chi connectivity index (χ0n) is 12.0. The van der Waals surface area contributed by atoms with Gasteiger partial charge in [0.2, 0.25) is 10.0 Å². The van der Waals surface area contributed by atoms with Gasteiger partial charge in [0.25, 0.3) is 0 Å². The molecule has 0 fully saturated rings. The molecule has 0 saturated heterocycles. The van der Waals surface area contributed by atoms with E-state index in [4.69, 9.17) is 0 Å². The number of sulfonamides is 1. The van der Waals surface area contributed by atoms with E-state index in [1.165, 1.54) is 6.07 Å². The number of rotatable bonds is 6. The lowest BCUT2D eigenvalue weighted by atomic mass is 10.1. The van der Waals surface area contributed by atoms with Gasteiger partial charge >= 0.3 is 0 Å². The van der Waals surface area contributed by atoms with E-state index in [1.54, 1.807) is 49.1 Å². The highest BCUT2D eigenvalue weighted by Crippen LogP contribution is 2.19. The van der Waals surface area contributed by atoms with Crippen LogP contribution in [0.4, 0.5) is 0 Å². The highest BCUT2D eigenvalue weighted by molar-refractivity contribution is 7.89. The SMILES string of the molecule is Cc1c(CO)cccc1S(=O)(=O)NC(C)Cn1cccn1. The Labute approximate surface area is 124 Å². The van der Waals surface area contributed by atoms with E-state index < -0.39 is 10.0 Å². The summed E-state index contributed by atoms with van der Waals surface area (Å²) in [5.41, 5.74) is 1.18. The lowest BCUT2D eigenvalue weighted by molar-refractivity contribution is 0.280. The van der Waals surface area contributed by atoms with Gasteiger partial charge in [-0.2, -0.15) is 5.10 Å². The van der Waals surface area contributed by atoms with E-state index in [0.29, 0.717) is 17.7 Å². The molecule has 0 aliphatic carbocycles. The molecule has 6 nitrogen and oxygen atoms in total. The molecular formula is C14H19N3O3S. The Bertz CT molecular complexity index is 696. The average molecular weight is 309 g/mol. The smallest absolute Gasteiger partial charge is 0.241 e. The molecule has 2 aromatic rings. The average Bonchev–Trinajstić information content (AvgIpc) is 2.90. The molecule has 0 amide bonds. The summed E-state index contributed by atoms with van der Waals surface area (Å²) in [6, 6.07) is 6.37. The Hall–Kier alpha value is -1.70. The number of hydrogen-bond acceptors (Lipinski definition) is 4. The molecule has 1 aromatic carbocycles. The third-order valence-corrected chi connectivity index (χ3v) is 4.97. The molecule has 0 radical (unpaired) electrons. The Morgan fingerprint density at radius 1 is 1.38 bits per heavy atom. The van der Waals surface area contributed by atoms with Crippen molar-refractivity contribution in [2.75, 3.05) is 0 Å². The number of aromatic nitrogens is 2. The van der Waals surface area contributed by atoms with Crippen LogP contribution in [0.5, 0.6) is 0 Å². The Balaban J connectivity index is 2.18. The summed E-state index contributed by atoms with van der Waals surface area (Å²) in [6.07, 6.45) is 3.43. The van der Waals surface area contributed by atoms with Crippen molar-refractivity contribution in [2.45, 2.75) is 37.9 Å². The minimum atomic E-state index is -3.63. The summed E-state index contributed by atoms with van der Waals surface area (Å²) in [5, 5.41) is 13.3. The molecule has 0 aliphatic heterocycles. The number of aliphatic hydroxyl groups excluding tert-OH is 1. The molecule has 0 spiro atoms. The molecule has 0 bridgehead atoms. The van der Waals surface area contributed by atoms with Gasteiger partial charge in [-0.1, -0.05) is 12.1 Å². The first-order valence-corrected chi connectivity index (χ1v) is 8.11. The van der Waals surface area contributed by atoms with Gasteiger partial charge in [-0.25, -0.2) is 13.1 Å². The maximum atomic E-state index is 12.4. The van der Waals surface area contributed by atoms with Crippen LogP contribution in [0.3, 0.4) is 0 Å². The van der Waals surface area contributed by atoms with Crippen LogP contribution in [0.15, 0.2) is 41.6 Å². The van der Waals surface area contributed by atoms with Crippen LogP contribution >= 0.6 is 0 Å². The quantitative estimate of drug-likeness (QED) is 0.835. The van der Waals surface area contributed by atoms with Crippen molar-refractivity contribution in [3.63, 3.8) is 0 Å². The minimum Gasteiger partial charge on any atom is -0.392 e. The van der Waals surface area contributed by atoms with Gasteiger partial charge in [0.05, 0.1) is 18.0 Å². The summed E-state index contributed by atoms with van der Waals surface area (Å²) in [4.78, 5) is 0.196. The number of nitrogens with zero attached hydrogens (tertiary/aromatic N) is 2. The summed E-state index contributed by atoms with van der Waals surface area (Å²) < 4.78 is 29.2. The first-order valence-electron chi connectivity index (χ1n) is 6.63. The summed E-state index contributed by atoms with van der Waals surface area (Å²) in [6.45, 7) is 3.74. The van der Waals surface area contributed by atoms with Crippen LogP contribution in [0, 0.1) is 6.92 Å². The maximum absolute atomic E-state index is 12.4. The number of hydrogen-bond donors (Lipinski definition) is 2. The van der Waals surface area contributed by atoms with Gasteiger partial charge in [0, 0.05) is 18.4 Å². The van der Waals surface area contributed by atoms with Crippen LogP contribution in [0.2, 0.25) is 0 Å². The number of aliphatic hydroxyl groups is 1. The Morgan fingerprint density at radius 3 is 2.76 bits per heavy atom. The van der Waals surface area contributed by atoms with E-state index in [-0.39, 0.29) is 17.5 Å². The zero-order valence-corrected chi connectivity index (χ0v) is 12.8. The summed E-state index contributed by atoms with van der Waals surface area (Å²) in [7, 11) is -3.63. The molecule has 2 N–H and O–H groups in total. The lowest BCUT2D eigenvalue weighted by Gasteiger charge is -2.16. The highest BCUT2D eigenvalue weighted by Gasteiger charge is 2.20. The molecule has 0 saturated carbocycles. The maximum Gasteiger partial charge on any atom is 0.241 e. The van der Waals surface area contributed by atoms with E-state index in [2.05, 4.69) is 9.82 Å². The monoisotopic (exact) mass is 309 g/mol. The second-order valence-electron chi connectivity index (χ2n) is 4.95. The molecule has 1 unspecified atom stereocenters. The van der Waals surface area contributed by atoms with Gasteiger partial charge in [0.1, 0.15) is 0 Å². The fraction of sp³-hybridized carbons (Fsp3) is 0.357. The molecule has 1 heterocycles. The van der Waals surface area contributed by atoms with Gasteiger partial charge in [-0.15, -0.1) is 0 Å². The fourth-order valence-electron chi connectivity index (χ4n) is 2.18. The van der Waals surface area contributed by atoms with E-state index in [0.717, 1.165) is 0 Å². The molecule has 1 aromatic heterocycles. The first-order chi connectivity index (χ1) is 9.94. The van der Waals surface area contributed by atoms with Crippen molar-refractivity contribution in [3.05, 3.63) is 47.8 Å². The standard InChI is InChI=1S/C14H19N3O3S/c1-11(9-17-8-4-7-15-17)16-21(19,20)14-6-3-5-13(10-18)12(14)2/h3-8,11,16,18H,9-10H2,1-2H3. The van der Waals surface area contributed by atoms with Crippen LogP contribution in [-0.4, -0.2) is 29.3 Å².